The SMILES string of the molecule is CC(C)c1ccc(N2C(=O)CC(N(Cc3ccccc3)C(=O)Cc3ccc(Cl)cc3)C2=O)cc1. The molecule has 6 heteroatoms. The maximum atomic E-state index is 13.5. The molecule has 0 aliphatic carbocycles. The third-order valence-corrected chi connectivity index (χ3v) is 6.35. The molecule has 0 bridgehead atoms. The summed E-state index contributed by atoms with van der Waals surface area (Å²) >= 11 is 5.98. The number of nitrogens with zero attached hydrogens (tertiary/aromatic N) is 2. The topological polar surface area (TPSA) is 57.7 Å². The first-order valence-electron chi connectivity index (χ1n) is 11.4. The predicted octanol–water partition coefficient (Wildman–Crippen LogP) is 5.37. The van der Waals surface area contributed by atoms with Crippen molar-refractivity contribution in [2.45, 2.75) is 45.2 Å². The van der Waals surface area contributed by atoms with Crippen LogP contribution in [0.5, 0.6) is 0 Å². The van der Waals surface area contributed by atoms with Crippen molar-refractivity contribution in [3.8, 4) is 0 Å². The number of imide groups is 1. The standard InChI is InChI=1S/C28H27ClN2O3/c1-19(2)22-10-14-24(15-11-22)31-27(33)17-25(28(31)34)30(18-21-6-4-3-5-7-21)26(32)16-20-8-12-23(29)13-9-20/h3-15,19,25H,16-18H2,1-2H3. The second kappa shape index (κ2) is 10.2. The summed E-state index contributed by atoms with van der Waals surface area (Å²) in [6.07, 6.45) is 0.0784. The second-order valence-electron chi connectivity index (χ2n) is 8.84. The van der Waals surface area contributed by atoms with Gasteiger partial charge in [0.2, 0.25) is 11.8 Å². The van der Waals surface area contributed by atoms with E-state index < -0.39 is 6.04 Å². The van der Waals surface area contributed by atoms with E-state index in [4.69, 9.17) is 11.6 Å². The Morgan fingerprint density at radius 3 is 2.21 bits per heavy atom. The normalized spacial score (nSPS) is 15.8. The minimum Gasteiger partial charge on any atom is -0.325 e. The van der Waals surface area contributed by atoms with Gasteiger partial charge in [-0.15, -0.1) is 0 Å². The van der Waals surface area contributed by atoms with Crippen LogP contribution in [0.15, 0.2) is 78.9 Å². The van der Waals surface area contributed by atoms with Crippen molar-refractivity contribution in [2.75, 3.05) is 4.90 Å². The number of benzene rings is 3. The Morgan fingerprint density at radius 2 is 1.59 bits per heavy atom. The van der Waals surface area contributed by atoms with Gasteiger partial charge in [-0.25, -0.2) is 4.90 Å². The van der Waals surface area contributed by atoms with Crippen LogP contribution in [-0.2, 0) is 27.3 Å². The van der Waals surface area contributed by atoms with Crippen molar-refractivity contribution in [1.29, 1.82) is 0 Å². The number of amides is 3. The van der Waals surface area contributed by atoms with Gasteiger partial charge in [-0.2, -0.15) is 0 Å². The van der Waals surface area contributed by atoms with Crippen LogP contribution < -0.4 is 4.90 Å². The Kier molecular flexibility index (Phi) is 7.13. The largest absolute Gasteiger partial charge is 0.325 e. The lowest BCUT2D eigenvalue weighted by molar-refractivity contribution is -0.138. The molecular formula is C28H27ClN2O3. The van der Waals surface area contributed by atoms with E-state index in [0.717, 1.165) is 16.7 Å². The Labute approximate surface area is 204 Å². The first-order chi connectivity index (χ1) is 16.3. The van der Waals surface area contributed by atoms with Gasteiger partial charge in [0.15, 0.2) is 0 Å². The average molecular weight is 475 g/mol. The molecule has 3 amide bonds. The molecule has 0 spiro atoms. The summed E-state index contributed by atoms with van der Waals surface area (Å²) in [4.78, 5) is 42.6. The highest BCUT2D eigenvalue weighted by molar-refractivity contribution is 6.30. The number of carbonyl (C=O) groups is 3. The van der Waals surface area contributed by atoms with Crippen LogP contribution in [0, 0.1) is 0 Å². The first kappa shape index (κ1) is 23.7. The predicted molar refractivity (Wildman–Crippen MR) is 134 cm³/mol. The molecule has 0 N–H and O–H groups in total. The molecule has 1 aliphatic heterocycles. The van der Waals surface area contributed by atoms with Crippen LogP contribution in [0.1, 0.15) is 42.9 Å². The van der Waals surface area contributed by atoms with E-state index in [-0.39, 0.29) is 37.1 Å². The summed E-state index contributed by atoms with van der Waals surface area (Å²) in [6, 6.07) is 23.2. The smallest absolute Gasteiger partial charge is 0.257 e. The molecule has 1 unspecified atom stereocenters. The second-order valence-corrected chi connectivity index (χ2v) is 9.28. The van der Waals surface area contributed by atoms with Gasteiger partial charge in [0.05, 0.1) is 18.5 Å². The lowest BCUT2D eigenvalue weighted by atomic mass is 10.0. The van der Waals surface area contributed by atoms with Gasteiger partial charge in [-0.3, -0.25) is 14.4 Å². The first-order valence-corrected chi connectivity index (χ1v) is 11.8. The summed E-state index contributed by atoms with van der Waals surface area (Å²) in [5.41, 5.74) is 3.35. The fourth-order valence-electron chi connectivity index (χ4n) is 4.17. The third-order valence-electron chi connectivity index (χ3n) is 6.10. The van der Waals surface area contributed by atoms with E-state index in [1.54, 1.807) is 36.4 Å². The average Bonchev–Trinajstić information content (AvgIpc) is 3.13. The molecule has 0 radical (unpaired) electrons. The molecule has 34 heavy (non-hydrogen) atoms. The van der Waals surface area contributed by atoms with Crippen molar-refractivity contribution in [3.63, 3.8) is 0 Å². The fraction of sp³-hybridized carbons (Fsp3) is 0.250. The van der Waals surface area contributed by atoms with Gasteiger partial charge in [0, 0.05) is 11.6 Å². The molecule has 0 aromatic heterocycles. The summed E-state index contributed by atoms with van der Waals surface area (Å²) in [5.74, 6) is -0.541. The van der Waals surface area contributed by atoms with Crippen molar-refractivity contribution < 1.29 is 14.4 Å². The summed E-state index contributed by atoms with van der Waals surface area (Å²) in [7, 11) is 0. The summed E-state index contributed by atoms with van der Waals surface area (Å²) in [6.45, 7) is 4.42. The number of anilines is 1. The number of hydrogen-bond acceptors (Lipinski definition) is 3. The van der Waals surface area contributed by atoms with Crippen molar-refractivity contribution in [2.24, 2.45) is 0 Å². The Bertz CT molecular complexity index is 1170. The van der Waals surface area contributed by atoms with Crippen molar-refractivity contribution >= 4 is 35.0 Å². The van der Waals surface area contributed by atoms with Crippen molar-refractivity contribution in [1.82, 2.24) is 4.90 Å². The molecule has 1 aliphatic rings. The number of carbonyl (C=O) groups excluding carboxylic acids is 3. The highest BCUT2D eigenvalue weighted by atomic mass is 35.5. The fourth-order valence-corrected chi connectivity index (χ4v) is 4.30. The Morgan fingerprint density at radius 1 is 0.941 bits per heavy atom. The molecule has 174 valence electrons. The maximum Gasteiger partial charge on any atom is 0.257 e. The molecule has 1 heterocycles. The quantitative estimate of drug-likeness (QED) is 0.433. The van der Waals surface area contributed by atoms with E-state index in [1.165, 1.54) is 9.80 Å². The van der Waals surface area contributed by atoms with Crippen LogP contribution >= 0.6 is 11.6 Å². The number of hydrogen-bond donors (Lipinski definition) is 0. The highest BCUT2D eigenvalue weighted by Gasteiger charge is 2.44. The van der Waals surface area contributed by atoms with E-state index in [1.807, 2.05) is 42.5 Å². The Balaban J connectivity index is 1.61. The van der Waals surface area contributed by atoms with Crippen LogP contribution in [0.4, 0.5) is 5.69 Å². The van der Waals surface area contributed by atoms with E-state index in [9.17, 15) is 14.4 Å². The minimum atomic E-state index is -0.850. The van der Waals surface area contributed by atoms with Gasteiger partial charge in [0.25, 0.3) is 5.91 Å². The molecule has 5 nitrogen and oxygen atoms in total. The maximum absolute atomic E-state index is 13.5. The summed E-state index contributed by atoms with van der Waals surface area (Å²) < 4.78 is 0. The molecule has 1 atom stereocenters. The highest BCUT2D eigenvalue weighted by Crippen LogP contribution is 2.28. The minimum absolute atomic E-state index is 0.0377. The van der Waals surface area contributed by atoms with Crippen LogP contribution in [0.25, 0.3) is 0 Å². The van der Waals surface area contributed by atoms with Gasteiger partial charge in [-0.1, -0.05) is 80.0 Å². The molecular weight excluding hydrogens is 448 g/mol. The van der Waals surface area contributed by atoms with E-state index in [2.05, 4.69) is 13.8 Å². The van der Waals surface area contributed by atoms with E-state index >= 15 is 0 Å². The molecule has 1 fully saturated rings. The molecule has 3 aromatic carbocycles. The molecule has 1 saturated heterocycles. The zero-order valence-electron chi connectivity index (χ0n) is 19.3. The van der Waals surface area contributed by atoms with Gasteiger partial charge < -0.3 is 4.90 Å². The van der Waals surface area contributed by atoms with Crippen molar-refractivity contribution in [3.05, 3.63) is 101 Å². The molecule has 3 aromatic rings. The van der Waals surface area contributed by atoms with Crippen LogP contribution in [0.2, 0.25) is 5.02 Å². The van der Waals surface area contributed by atoms with Crippen LogP contribution in [-0.4, -0.2) is 28.7 Å². The molecule has 0 saturated carbocycles. The lowest BCUT2D eigenvalue weighted by Gasteiger charge is -2.28. The number of halogens is 1. The van der Waals surface area contributed by atoms with E-state index in [0.29, 0.717) is 16.6 Å². The van der Waals surface area contributed by atoms with Gasteiger partial charge >= 0.3 is 0 Å². The monoisotopic (exact) mass is 474 g/mol. The van der Waals surface area contributed by atoms with Gasteiger partial charge in [0.1, 0.15) is 6.04 Å². The molecule has 4 rings (SSSR count). The Hall–Kier alpha value is -3.44. The van der Waals surface area contributed by atoms with Gasteiger partial charge in [-0.05, 0) is 46.9 Å². The third kappa shape index (κ3) is 5.20. The lowest BCUT2D eigenvalue weighted by Crippen LogP contribution is -2.45. The summed E-state index contributed by atoms with van der Waals surface area (Å²) in [5, 5.41) is 0.591. The number of rotatable bonds is 7. The zero-order chi connectivity index (χ0) is 24.2. The van der Waals surface area contributed by atoms with Crippen LogP contribution in [0.3, 0.4) is 0 Å². The zero-order valence-corrected chi connectivity index (χ0v) is 20.0.